The average Bonchev–Trinajstić information content (AvgIpc) is 3.19. The van der Waals surface area contributed by atoms with E-state index in [-0.39, 0.29) is 17.4 Å². The number of hydrogen-bond donors (Lipinski definition) is 1. The summed E-state index contributed by atoms with van der Waals surface area (Å²) in [5.74, 6) is 0.121. The molecule has 1 aliphatic carbocycles. The van der Waals surface area contributed by atoms with E-state index in [9.17, 15) is 4.79 Å². The van der Waals surface area contributed by atoms with Gasteiger partial charge in [0.15, 0.2) is 0 Å². The Kier molecular flexibility index (Phi) is 4.38. The first-order valence-electron chi connectivity index (χ1n) is 9.37. The Hall–Kier alpha value is -2.07. The third-order valence-electron chi connectivity index (χ3n) is 5.97. The van der Waals surface area contributed by atoms with Crippen LogP contribution in [0.25, 0.3) is 0 Å². The number of likely N-dealkylation sites (tertiary alicyclic amines) is 1. The molecule has 0 saturated carbocycles. The molecule has 132 valence electrons. The van der Waals surface area contributed by atoms with Crippen molar-refractivity contribution in [2.45, 2.75) is 44.1 Å². The Balaban J connectivity index is 1.54. The summed E-state index contributed by atoms with van der Waals surface area (Å²) in [6, 6.07) is 12.5. The van der Waals surface area contributed by atoms with E-state index in [2.05, 4.69) is 36.2 Å². The zero-order chi connectivity index (χ0) is 17.3. The summed E-state index contributed by atoms with van der Waals surface area (Å²) in [4.78, 5) is 17.6. The summed E-state index contributed by atoms with van der Waals surface area (Å²) in [6.45, 7) is 4.47. The minimum atomic E-state index is 0.121. The van der Waals surface area contributed by atoms with E-state index >= 15 is 0 Å². The second-order valence-electron chi connectivity index (χ2n) is 7.23. The molecule has 0 radical (unpaired) electrons. The second-order valence-corrected chi connectivity index (χ2v) is 7.23. The van der Waals surface area contributed by atoms with Gasteiger partial charge in [0, 0.05) is 25.9 Å². The van der Waals surface area contributed by atoms with E-state index in [1.165, 1.54) is 11.1 Å². The molecular weight excluding hydrogens is 312 g/mol. The molecule has 4 rings (SSSR count). The topological polar surface area (TPSA) is 45.3 Å². The molecule has 1 saturated heterocycles. The van der Waals surface area contributed by atoms with Gasteiger partial charge in [0.2, 0.25) is 0 Å². The van der Waals surface area contributed by atoms with Gasteiger partial charge in [0.1, 0.15) is 5.69 Å². The first kappa shape index (κ1) is 16.4. The summed E-state index contributed by atoms with van der Waals surface area (Å²) in [5, 5.41) is 0. The second kappa shape index (κ2) is 6.68. The molecule has 1 fully saturated rings. The number of hydrogen-bond acceptors (Lipinski definition) is 2. The maximum Gasteiger partial charge on any atom is 0.270 e. The normalized spacial score (nSPS) is 22.0. The summed E-state index contributed by atoms with van der Waals surface area (Å²) in [5.41, 5.74) is 3.71. The highest BCUT2D eigenvalue weighted by atomic mass is 16.5. The molecule has 1 unspecified atom stereocenters. The van der Waals surface area contributed by atoms with Crippen LogP contribution in [0, 0.1) is 0 Å². The zero-order valence-corrected chi connectivity index (χ0v) is 14.8. The van der Waals surface area contributed by atoms with Crippen LogP contribution >= 0.6 is 0 Å². The molecule has 1 aliphatic heterocycles. The number of carbonyl (C=O) groups excluding carboxylic acids is 1. The molecule has 4 heteroatoms. The lowest BCUT2D eigenvalue weighted by atomic mass is 9.64. The van der Waals surface area contributed by atoms with Crippen LogP contribution < -0.4 is 0 Å². The predicted molar refractivity (Wildman–Crippen MR) is 97.7 cm³/mol. The van der Waals surface area contributed by atoms with Crippen molar-refractivity contribution in [3.8, 4) is 0 Å². The summed E-state index contributed by atoms with van der Waals surface area (Å²) in [7, 11) is 0. The van der Waals surface area contributed by atoms with Crippen LogP contribution in [0.1, 0.15) is 60.3 Å². The van der Waals surface area contributed by atoms with E-state index in [0.717, 1.165) is 45.4 Å². The van der Waals surface area contributed by atoms with Crippen molar-refractivity contribution < 1.29 is 9.53 Å². The zero-order valence-electron chi connectivity index (χ0n) is 14.8. The van der Waals surface area contributed by atoms with Crippen molar-refractivity contribution >= 4 is 5.91 Å². The molecule has 0 bridgehead atoms. The van der Waals surface area contributed by atoms with Crippen LogP contribution in [0.4, 0.5) is 0 Å². The lowest BCUT2D eigenvalue weighted by Crippen LogP contribution is -2.47. The number of ether oxygens (including phenoxy) is 1. The van der Waals surface area contributed by atoms with Crippen molar-refractivity contribution in [2.75, 3.05) is 19.7 Å². The van der Waals surface area contributed by atoms with Crippen molar-refractivity contribution in [3.05, 3.63) is 59.4 Å². The monoisotopic (exact) mass is 338 g/mol. The maximum absolute atomic E-state index is 12.6. The molecule has 1 atom stereocenters. The lowest BCUT2D eigenvalue weighted by molar-refractivity contribution is 0.0291. The van der Waals surface area contributed by atoms with Gasteiger partial charge in [-0.05, 0) is 61.3 Å². The SMILES string of the molecule is CCOC1CCC2(CCN(C(=O)c3ccc[nH]3)CC2)c2ccccc21. The highest BCUT2D eigenvalue weighted by molar-refractivity contribution is 5.92. The standard InChI is InChI=1S/C21H26N2O2/c1-2-25-19-9-10-21(17-7-4-3-6-16(17)19)11-14-23(15-12-21)20(24)18-8-5-13-22-18/h3-8,13,19,22H,2,9-12,14-15H2,1H3. The number of fused-ring (bicyclic) bond motifs is 2. The van der Waals surface area contributed by atoms with Crippen LogP contribution in [0.2, 0.25) is 0 Å². The number of carbonyl (C=O) groups is 1. The number of piperidine rings is 1. The molecule has 2 aliphatic rings. The maximum atomic E-state index is 12.6. The lowest BCUT2D eigenvalue weighted by Gasteiger charge is -2.47. The minimum Gasteiger partial charge on any atom is -0.374 e. The molecule has 25 heavy (non-hydrogen) atoms. The summed E-state index contributed by atoms with van der Waals surface area (Å²) < 4.78 is 5.98. The van der Waals surface area contributed by atoms with E-state index in [1.54, 1.807) is 0 Å². The summed E-state index contributed by atoms with van der Waals surface area (Å²) in [6.07, 6.45) is 6.34. The van der Waals surface area contributed by atoms with Crippen LogP contribution in [0.5, 0.6) is 0 Å². The molecule has 1 aromatic heterocycles. The molecular formula is C21H26N2O2. The van der Waals surface area contributed by atoms with Gasteiger partial charge in [0.05, 0.1) is 6.10 Å². The third kappa shape index (κ3) is 2.89. The van der Waals surface area contributed by atoms with Gasteiger partial charge >= 0.3 is 0 Å². The largest absolute Gasteiger partial charge is 0.374 e. The van der Waals surface area contributed by atoms with E-state index in [0.29, 0.717) is 5.69 Å². The van der Waals surface area contributed by atoms with E-state index < -0.39 is 0 Å². The van der Waals surface area contributed by atoms with Gasteiger partial charge in [-0.1, -0.05) is 24.3 Å². The number of nitrogens with zero attached hydrogens (tertiary/aromatic N) is 1. The number of aromatic nitrogens is 1. The Morgan fingerprint density at radius 2 is 2.00 bits per heavy atom. The molecule has 2 heterocycles. The number of rotatable bonds is 3. The molecule has 2 aromatic rings. The van der Waals surface area contributed by atoms with Crippen LogP contribution in [0.15, 0.2) is 42.6 Å². The number of nitrogens with one attached hydrogen (secondary N) is 1. The highest BCUT2D eigenvalue weighted by Gasteiger charge is 2.42. The molecule has 1 aromatic carbocycles. The van der Waals surface area contributed by atoms with E-state index in [4.69, 9.17) is 4.74 Å². The van der Waals surface area contributed by atoms with Gasteiger partial charge in [-0.15, -0.1) is 0 Å². The van der Waals surface area contributed by atoms with Crippen molar-refractivity contribution in [1.29, 1.82) is 0 Å². The van der Waals surface area contributed by atoms with Gasteiger partial charge in [-0.2, -0.15) is 0 Å². The van der Waals surface area contributed by atoms with Gasteiger partial charge in [-0.25, -0.2) is 0 Å². The highest BCUT2D eigenvalue weighted by Crippen LogP contribution is 2.48. The van der Waals surface area contributed by atoms with Crippen LogP contribution in [0.3, 0.4) is 0 Å². The Bertz CT molecular complexity index is 730. The Labute approximate surface area is 149 Å². The number of aromatic amines is 1. The van der Waals surface area contributed by atoms with Gasteiger partial charge < -0.3 is 14.6 Å². The van der Waals surface area contributed by atoms with E-state index in [1.807, 2.05) is 23.2 Å². The quantitative estimate of drug-likeness (QED) is 0.917. The fraction of sp³-hybridized carbons (Fsp3) is 0.476. The molecule has 1 spiro atoms. The fourth-order valence-corrected chi connectivity index (χ4v) is 4.62. The summed E-state index contributed by atoms with van der Waals surface area (Å²) >= 11 is 0. The van der Waals surface area contributed by atoms with Crippen LogP contribution in [-0.2, 0) is 10.2 Å². The van der Waals surface area contributed by atoms with Gasteiger partial charge in [0.25, 0.3) is 5.91 Å². The van der Waals surface area contributed by atoms with Crippen molar-refractivity contribution in [2.24, 2.45) is 0 Å². The molecule has 1 N–H and O–H groups in total. The number of H-pyrrole nitrogens is 1. The van der Waals surface area contributed by atoms with Crippen molar-refractivity contribution in [3.63, 3.8) is 0 Å². The molecule has 1 amide bonds. The Morgan fingerprint density at radius 1 is 1.20 bits per heavy atom. The first-order valence-corrected chi connectivity index (χ1v) is 9.37. The van der Waals surface area contributed by atoms with Crippen LogP contribution in [-0.4, -0.2) is 35.5 Å². The Morgan fingerprint density at radius 3 is 2.72 bits per heavy atom. The first-order chi connectivity index (χ1) is 12.2. The third-order valence-corrected chi connectivity index (χ3v) is 5.97. The van der Waals surface area contributed by atoms with Crippen molar-refractivity contribution in [1.82, 2.24) is 9.88 Å². The fourth-order valence-electron chi connectivity index (χ4n) is 4.62. The minimum absolute atomic E-state index is 0.121. The van der Waals surface area contributed by atoms with Gasteiger partial charge in [-0.3, -0.25) is 4.79 Å². The number of amides is 1. The predicted octanol–water partition coefficient (Wildman–Crippen LogP) is 4.06. The number of benzene rings is 1. The average molecular weight is 338 g/mol. The smallest absolute Gasteiger partial charge is 0.270 e. The molecule has 4 nitrogen and oxygen atoms in total.